The summed E-state index contributed by atoms with van der Waals surface area (Å²) < 4.78 is 0. The van der Waals surface area contributed by atoms with E-state index in [-0.39, 0.29) is 22.9 Å². The Morgan fingerprint density at radius 1 is 0.645 bits per heavy atom. The highest BCUT2D eigenvalue weighted by Gasteiger charge is 2.44. The van der Waals surface area contributed by atoms with Gasteiger partial charge >= 0.3 is 0 Å². The lowest BCUT2D eigenvalue weighted by Crippen LogP contribution is -3.00. The molecule has 3 aromatic carbocycles. The second kappa shape index (κ2) is 13.5. The molecule has 0 spiro atoms. The number of unbranched alkanes of at least 4 members (excludes halogenated alkanes) is 4. The van der Waals surface area contributed by atoms with E-state index in [1.807, 2.05) is 0 Å². The van der Waals surface area contributed by atoms with E-state index in [1.54, 1.807) is 7.05 Å². The Hall–Kier alpha value is -1.96. The van der Waals surface area contributed by atoms with Crippen LogP contribution in [0.5, 0.6) is 0 Å². The molecule has 1 N–H and O–H groups in total. The van der Waals surface area contributed by atoms with E-state index in [1.165, 1.54) is 41.3 Å². The molecule has 164 valence electrons. The third-order valence-corrected chi connectivity index (χ3v) is 10.3. The highest BCUT2D eigenvalue weighted by atomic mass is 79.9. The second-order valence-corrected chi connectivity index (χ2v) is 11.3. The van der Waals surface area contributed by atoms with Gasteiger partial charge in [0.2, 0.25) is 5.91 Å². The zero-order valence-electron chi connectivity index (χ0n) is 18.3. The van der Waals surface area contributed by atoms with E-state index < -0.39 is 7.26 Å². The van der Waals surface area contributed by atoms with Crippen LogP contribution < -0.4 is 38.2 Å². The maximum absolute atomic E-state index is 11.4. The van der Waals surface area contributed by atoms with Crippen LogP contribution in [0.2, 0.25) is 0 Å². The minimum Gasteiger partial charge on any atom is -1.00 e. The minimum absolute atomic E-state index is 0. The SMILES string of the molecule is CNC(=O)CCCCCCC[P+](c1ccccc1)(c1ccccc1)c1ccccc1.[Br-]. The Kier molecular flexibility index (Phi) is 11.0. The van der Waals surface area contributed by atoms with Crippen molar-refractivity contribution < 1.29 is 21.8 Å². The number of carbonyl (C=O) groups is 1. The number of hydrogen-bond donors (Lipinski definition) is 1. The highest BCUT2D eigenvalue weighted by Crippen LogP contribution is 2.55. The Morgan fingerprint density at radius 3 is 1.45 bits per heavy atom. The molecule has 0 bridgehead atoms. The van der Waals surface area contributed by atoms with E-state index in [0.717, 1.165) is 12.8 Å². The first-order valence-corrected chi connectivity index (χ1v) is 13.0. The van der Waals surface area contributed by atoms with Crippen molar-refractivity contribution in [1.29, 1.82) is 0 Å². The van der Waals surface area contributed by atoms with Crippen molar-refractivity contribution >= 4 is 29.1 Å². The maximum atomic E-state index is 11.4. The summed E-state index contributed by atoms with van der Waals surface area (Å²) in [6.07, 6.45) is 7.53. The molecule has 3 aromatic rings. The standard InChI is InChI=1S/C27H32NOP.BrH/c1-28-27(29)22-14-3-2-4-15-23-30(24-16-8-5-9-17-24,25-18-10-6-11-19-25)26-20-12-7-13-21-26;/h5-13,16-21H,2-4,14-15,22-23H2,1H3;1H. The van der Waals surface area contributed by atoms with Crippen LogP contribution in [0.4, 0.5) is 0 Å². The van der Waals surface area contributed by atoms with Gasteiger partial charge in [0.25, 0.3) is 0 Å². The summed E-state index contributed by atoms with van der Waals surface area (Å²) in [4.78, 5) is 11.4. The molecule has 2 nitrogen and oxygen atoms in total. The number of halogens is 1. The molecule has 0 heterocycles. The van der Waals surface area contributed by atoms with Crippen LogP contribution in [-0.2, 0) is 4.79 Å². The first-order valence-electron chi connectivity index (χ1n) is 11.0. The average Bonchev–Trinajstić information content (AvgIpc) is 2.82. The fraction of sp³-hybridized carbons (Fsp3) is 0.296. The summed E-state index contributed by atoms with van der Waals surface area (Å²) >= 11 is 0. The predicted molar refractivity (Wildman–Crippen MR) is 132 cm³/mol. The molecular weight excluding hydrogens is 465 g/mol. The van der Waals surface area contributed by atoms with E-state index in [0.29, 0.717) is 6.42 Å². The summed E-state index contributed by atoms with van der Waals surface area (Å²) in [5.74, 6) is 0.150. The van der Waals surface area contributed by atoms with Gasteiger partial charge in [0, 0.05) is 13.5 Å². The third-order valence-electron chi connectivity index (χ3n) is 5.77. The van der Waals surface area contributed by atoms with Crippen molar-refractivity contribution in [3.8, 4) is 0 Å². The summed E-state index contributed by atoms with van der Waals surface area (Å²) in [6.45, 7) is 0. The number of nitrogens with one attached hydrogen (secondary N) is 1. The van der Waals surface area contributed by atoms with Gasteiger partial charge in [-0.15, -0.1) is 0 Å². The number of benzene rings is 3. The van der Waals surface area contributed by atoms with Gasteiger partial charge in [0.05, 0.1) is 6.16 Å². The lowest BCUT2D eigenvalue weighted by atomic mass is 10.1. The van der Waals surface area contributed by atoms with Crippen LogP contribution in [0.1, 0.15) is 38.5 Å². The molecule has 4 heteroatoms. The first-order chi connectivity index (χ1) is 14.8. The molecular formula is C27H33BrNOP. The van der Waals surface area contributed by atoms with E-state index in [9.17, 15) is 4.79 Å². The Labute approximate surface area is 198 Å². The number of hydrogen-bond acceptors (Lipinski definition) is 1. The van der Waals surface area contributed by atoms with Gasteiger partial charge in [-0.25, -0.2) is 0 Å². The molecule has 31 heavy (non-hydrogen) atoms. The normalized spacial score (nSPS) is 10.9. The summed E-state index contributed by atoms with van der Waals surface area (Å²) in [6, 6.07) is 33.3. The van der Waals surface area contributed by atoms with Gasteiger partial charge < -0.3 is 22.3 Å². The molecule has 0 unspecified atom stereocenters. The summed E-state index contributed by atoms with van der Waals surface area (Å²) in [7, 11) is 0.0172. The molecule has 0 radical (unpaired) electrons. The highest BCUT2D eigenvalue weighted by molar-refractivity contribution is 7.95. The van der Waals surface area contributed by atoms with Crippen molar-refractivity contribution in [2.24, 2.45) is 0 Å². The average molecular weight is 498 g/mol. The Balaban J connectivity index is 0.00000341. The van der Waals surface area contributed by atoms with Crippen LogP contribution in [0, 0.1) is 0 Å². The van der Waals surface area contributed by atoms with Gasteiger partial charge in [0.1, 0.15) is 23.2 Å². The molecule has 0 aliphatic heterocycles. The number of amides is 1. The zero-order valence-corrected chi connectivity index (χ0v) is 20.8. The predicted octanol–water partition coefficient (Wildman–Crippen LogP) is 2.07. The summed E-state index contributed by atoms with van der Waals surface area (Å²) in [5, 5.41) is 7.09. The lowest BCUT2D eigenvalue weighted by molar-refractivity contribution is -0.120. The quantitative estimate of drug-likeness (QED) is 0.319. The van der Waals surface area contributed by atoms with Crippen LogP contribution in [0.15, 0.2) is 91.0 Å². The molecule has 0 fully saturated rings. The minimum atomic E-state index is -1.69. The lowest BCUT2D eigenvalue weighted by Gasteiger charge is -2.27. The van der Waals surface area contributed by atoms with Gasteiger partial charge in [-0.3, -0.25) is 4.79 Å². The monoisotopic (exact) mass is 497 g/mol. The fourth-order valence-electron chi connectivity index (χ4n) is 4.17. The molecule has 0 aromatic heterocycles. The maximum Gasteiger partial charge on any atom is 0.219 e. The van der Waals surface area contributed by atoms with Gasteiger partial charge in [-0.2, -0.15) is 0 Å². The van der Waals surface area contributed by atoms with E-state index in [2.05, 4.69) is 96.3 Å². The van der Waals surface area contributed by atoms with Crippen molar-refractivity contribution in [1.82, 2.24) is 5.32 Å². The molecule has 0 aliphatic rings. The van der Waals surface area contributed by atoms with Crippen molar-refractivity contribution in [3.05, 3.63) is 91.0 Å². The van der Waals surface area contributed by atoms with Gasteiger partial charge in [0.15, 0.2) is 0 Å². The molecule has 0 aliphatic carbocycles. The van der Waals surface area contributed by atoms with Gasteiger partial charge in [-0.05, 0) is 55.7 Å². The van der Waals surface area contributed by atoms with Crippen LogP contribution in [0.25, 0.3) is 0 Å². The van der Waals surface area contributed by atoms with E-state index in [4.69, 9.17) is 0 Å². The molecule has 0 saturated carbocycles. The first kappa shape index (κ1) is 25.3. The third kappa shape index (κ3) is 6.76. The van der Waals surface area contributed by atoms with Crippen molar-refractivity contribution in [3.63, 3.8) is 0 Å². The zero-order chi connectivity index (χ0) is 21.1. The van der Waals surface area contributed by atoms with Crippen molar-refractivity contribution in [2.45, 2.75) is 38.5 Å². The number of carbonyl (C=O) groups excluding carboxylic acids is 1. The second-order valence-electron chi connectivity index (χ2n) is 7.73. The number of rotatable bonds is 11. The van der Waals surface area contributed by atoms with E-state index >= 15 is 0 Å². The molecule has 0 atom stereocenters. The Morgan fingerprint density at radius 2 is 1.03 bits per heavy atom. The summed E-state index contributed by atoms with van der Waals surface area (Å²) in [5.41, 5.74) is 0. The van der Waals surface area contributed by atoms with Crippen LogP contribution in [-0.4, -0.2) is 19.1 Å². The molecule has 1 amide bonds. The van der Waals surface area contributed by atoms with Crippen molar-refractivity contribution in [2.75, 3.05) is 13.2 Å². The molecule has 0 saturated heterocycles. The van der Waals surface area contributed by atoms with Crippen LogP contribution in [0.3, 0.4) is 0 Å². The topological polar surface area (TPSA) is 29.1 Å². The Bertz CT molecular complexity index is 790. The fourth-order valence-corrected chi connectivity index (χ4v) is 8.58. The largest absolute Gasteiger partial charge is 1.00 e. The van der Waals surface area contributed by atoms with Crippen LogP contribution >= 0.6 is 7.26 Å². The smallest absolute Gasteiger partial charge is 0.219 e. The van der Waals surface area contributed by atoms with Gasteiger partial charge in [-0.1, -0.05) is 67.4 Å². The molecule has 3 rings (SSSR count).